The highest BCUT2D eigenvalue weighted by atomic mass is 32.2. The van der Waals surface area contributed by atoms with Crippen LogP contribution in [0.25, 0.3) is 0 Å². The number of benzene rings is 1. The molecule has 2 saturated heterocycles. The molecule has 0 aromatic heterocycles. The van der Waals surface area contributed by atoms with Gasteiger partial charge in [0.15, 0.2) is 0 Å². The number of carbonyl (C=O) groups is 2. The number of hydrogen-bond acceptors (Lipinski definition) is 5. The number of nitrogens with one attached hydrogen (secondary N) is 1. The van der Waals surface area contributed by atoms with Crippen LogP contribution in [0.4, 0.5) is 0 Å². The molecule has 1 aromatic rings. The van der Waals surface area contributed by atoms with Crippen LogP contribution in [0.1, 0.15) is 30.4 Å². The first-order valence-electron chi connectivity index (χ1n) is 10.0. The van der Waals surface area contributed by atoms with E-state index in [-0.39, 0.29) is 35.8 Å². The molecule has 2 amide bonds. The monoisotopic (exact) mass is 423 g/mol. The first-order valence-corrected chi connectivity index (χ1v) is 11.5. The van der Waals surface area contributed by atoms with Crippen molar-refractivity contribution in [3.8, 4) is 0 Å². The van der Waals surface area contributed by atoms with E-state index < -0.39 is 10.0 Å². The van der Waals surface area contributed by atoms with Crippen LogP contribution in [0.15, 0.2) is 23.1 Å². The highest BCUT2D eigenvalue weighted by Crippen LogP contribution is 2.17. The fourth-order valence-electron chi connectivity index (χ4n) is 3.68. The van der Waals surface area contributed by atoms with E-state index in [0.29, 0.717) is 38.3 Å². The van der Waals surface area contributed by atoms with Gasteiger partial charge in [-0.05, 0) is 43.9 Å². The Morgan fingerprint density at radius 3 is 2.48 bits per heavy atom. The molecule has 2 aliphatic rings. The van der Waals surface area contributed by atoms with Crippen LogP contribution in [-0.2, 0) is 24.3 Å². The second kappa shape index (κ2) is 9.23. The minimum atomic E-state index is -3.66. The summed E-state index contributed by atoms with van der Waals surface area (Å²) in [5, 5.41) is 0. The van der Waals surface area contributed by atoms with Gasteiger partial charge in [-0.3, -0.25) is 9.59 Å². The number of hydrogen-bond donors (Lipinski definition) is 1. The number of sulfonamides is 1. The first kappa shape index (κ1) is 21.7. The van der Waals surface area contributed by atoms with Gasteiger partial charge in [0.1, 0.15) is 6.10 Å². The largest absolute Gasteiger partial charge is 0.368 e. The molecule has 0 aliphatic carbocycles. The molecule has 29 heavy (non-hydrogen) atoms. The minimum Gasteiger partial charge on any atom is -0.368 e. The zero-order valence-electron chi connectivity index (χ0n) is 17.0. The van der Waals surface area contributed by atoms with Crippen molar-refractivity contribution >= 4 is 21.8 Å². The molecule has 3 rings (SSSR count). The number of nitrogens with zero attached hydrogens (tertiary/aromatic N) is 2. The van der Waals surface area contributed by atoms with Gasteiger partial charge in [0.25, 0.3) is 5.91 Å². The second-order valence-electron chi connectivity index (χ2n) is 7.62. The topological polar surface area (TPSA) is 96.0 Å². The normalized spacial score (nSPS) is 20.1. The van der Waals surface area contributed by atoms with Crippen molar-refractivity contribution in [1.82, 2.24) is 14.5 Å². The van der Waals surface area contributed by atoms with E-state index in [1.165, 1.54) is 0 Å². The van der Waals surface area contributed by atoms with Gasteiger partial charge < -0.3 is 14.5 Å². The average Bonchev–Trinajstić information content (AvgIpc) is 3.24. The smallest absolute Gasteiger partial charge is 0.251 e. The summed E-state index contributed by atoms with van der Waals surface area (Å²) in [5.41, 5.74) is 1.53. The van der Waals surface area contributed by atoms with Crippen molar-refractivity contribution in [2.75, 3.05) is 39.3 Å². The van der Waals surface area contributed by atoms with E-state index >= 15 is 0 Å². The minimum absolute atomic E-state index is 0.0101. The van der Waals surface area contributed by atoms with Gasteiger partial charge >= 0.3 is 0 Å². The number of aryl methyl sites for hydroxylation is 2. The quantitative estimate of drug-likeness (QED) is 0.731. The van der Waals surface area contributed by atoms with Gasteiger partial charge in [0, 0.05) is 45.8 Å². The molecule has 1 aromatic carbocycles. The Morgan fingerprint density at radius 1 is 1.14 bits per heavy atom. The Labute approximate surface area is 172 Å². The Hall–Kier alpha value is -1.97. The summed E-state index contributed by atoms with van der Waals surface area (Å²) in [4.78, 5) is 28.5. The molecule has 0 spiro atoms. The van der Waals surface area contributed by atoms with E-state index in [2.05, 4.69) is 4.72 Å². The Morgan fingerprint density at radius 2 is 1.83 bits per heavy atom. The lowest BCUT2D eigenvalue weighted by molar-refractivity contribution is -0.145. The van der Waals surface area contributed by atoms with Crippen LogP contribution >= 0.6 is 0 Å². The third-order valence-corrected chi connectivity index (χ3v) is 7.02. The maximum absolute atomic E-state index is 12.5. The van der Waals surface area contributed by atoms with Crippen molar-refractivity contribution < 1.29 is 22.7 Å². The summed E-state index contributed by atoms with van der Waals surface area (Å²) in [6.07, 6.45) is 1.42. The highest BCUT2D eigenvalue weighted by Gasteiger charge is 2.31. The van der Waals surface area contributed by atoms with Crippen molar-refractivity contribution in [2.45, 2.75) is 44.1 Å². The number of piperazine rings is 1. The third kappa shape index (κ3) is 5.34. The van der Waals surface area contributed by atoms with Crippen LogP contribution in [0.5, 0.6) is 0 Å². The molecule has 2 heterocycles. The van der Waals surface area contributed by atoms with E-state index in [1.54, 1.807) is 28.9 Å². The maximum atomic E-state index is 12.5. The number of ether oxygens (including phenoxy) is 1. The third-order valence-electron chi connectivity index (χ3n) is 5.41. The van der Waals surface area contributed by atoms with E-state index in [9.17, 15) is 18.0 Å². The predicted molar refractivity (Wildman–Crippen MR) is 108 cm³/mol. The fraction of sp³-hybridized carbons (Fsp3) is 0.600. The van der Waals surface area contributed by atoms with E-state index in [0.717, 1.165) is 18.4 Å². The van der Waals surface area contributed by atoms with Gasteiger partial charge in [0.2, 0.25) is 15.9 Å². The molecule has 1 atom stereocenters. The lowest BCUT2D eigenvalue weighted by Crippen LogP contribution is -2.53. The molecule has 2 fully saturated rings. The molecule has 8 nitrogen and oxygen atoms in total. The molecule has 0 radical (unpaired) electrons. The van der Waals surface area contributed by atoms with Crippen LogP contribution < -0.4 is 4.72 Å². The maximum Gasteiger partial charge on any atom is 0.251 e. The lowest BCUT2D eigenvalue weighted by Gasteiger charge is -2.35. The van der Waals surface area contributed by atoms with Crippen molar-refractivity contribution in [2.24, 2.45) is 0 Å². The Kier molecular flexibility index (Phi) is 6.92. The van der Waals surface area contributed by atoms with Gasteiger partial charge in [-0.15, -0.1) is 0 Å². The summed E-state index contributed by atoms with van der Waals surface area (Å²) >= 11 is 0. The number of amides is 2. The second-order valence-corrected chi connectivity index (χ2v) is 9.36. The molecule has 0 bridgehead atoms. The lowest BCUT2D eigenvalue weighted by atomic mass is 10.2. The molecule has 0 saturated carbocycles. The van der Waals surface area contributed by atoms with Gasteiger partial charge in [0.05, 0.1) is 4.90 Å². The average molecular weight is 424 g/mol. The predicted octanol–water partition coefficient (Wildman–Crippen LogP) is 0.822. The molecule has 160 valence electrons. The molecule has 9 heteroatoms. The van der Waals surface area contributed by atoms with Gasteiger partial charge in [-0.25, -0.2) is 13.1 Å². The van der Waals surface area contributed by atoms with Crippen LogP contribution in [0.2, 0.25) is 0 Å². The number of rotatable bonds is 6. The Bertz CT molecular complexity index is 857. The summed E-state index contributed by atoms with van der Waals surface area (Å²) < 4.78 is 33.0. The highest BCUT2D eigenvalue weighted by molar-refractivity contribution is 7.89. The zero-order chi connectivity index (χ0) is 21.0. The SMILES string of the molecule is Cc1ccc(C)c(S(=O)(=O)NCCC(=O)N2CCN(C(=O)C3CCCO3)CC2)c1. The van der Waals surface area contributed by atoms with Crippen molar-refractivity contribution in [3.05, 3.63) is 29.3 Å². The van der Waals surface area contributed by atoms with E-state index in [4.69, 9.17) is 4.74 Å². The molecule has 2 aliphatic heterocycles. The standard InChI is InChI=1S/C20H29N3O5S/c1-15-5-6-16(2)18(14-15)29(26,27)21-8-7-19(24)22-9-11-23(12-10-22)20(25)17-4-3-13-28-17/h5-6,14,17,21H,3-4,7-13H2,1-2H3. The van der Waals surface area contributed by atoms with Gasteiger partial charge in [-0.2, -0.15) is 0 Å². The van der Waals surface area contributed by atoms with Crippen LogP contribution in [0, 0.1) is 13.8 Å². The molecular weight excluding hydrogens is 394 g/mol. The van der Waals surface area contributed by atoms with Gasteiger partial charge in [-0.1, -0.05) is 12.1 Å². The van der Waals surface area contributed by atoms with Crippen LogP contribution in [-0.4, -0.2) is 75.5 Å². The summed E-state index contributed by atoms with van der Waals surface area (Å²) in [7, 11) is -3.66. The van der Waals surface area contributed by atoms with E-state index in [1.807, 2.05) is 13.0 Å². The molecule has 1 unspecified atom stereocenters. The van der Waals surface area contributed by atoms with Crippen molar-refractivity contribution in [1.29, 1.82) is 0 Å². The zero-order valence-corrected chi connectivity index (χ0v) is 17.8. The fourth-order valence-corrected chi connectivity index (χ4v) is 5.04. The summed E-state index contributed by atoms with van der Waals surface area (Å²) in [6, 6.07) is 5.26. The summed E-state index contributed by atoms with van der Waals surface area (Å²) in [5.74, 6) is -0.103. The Balaban J connectivity index is 1.45. The molecular formula is C20H29N3O5S. The number of carbonyl (C=O) groups excluding carboxylic acids is 2. The molecule has 1 N–H and O–H groups in total. The van der Waals surface area contributed by atoms with Crippen molar-refractivity contribution in [3.63, 3.8) is 0 Å². The first-order chi connectivity index (χ1) is 13.8. The van der Waals surface area contributed by atoms with Crippen LogP contribution in [0.3, 0.4) is 0 Å². The summed E-state index contributed by atoms with van der Waals surface area (Å²) in [6.45, 7) is 6.15.